The van der Waals surface area contributed by atoms with Gasteiger partial charge in [-0.3, -0.25) is 0 Å². The van der Waals surface area contributed by atoms with E-state index >= 15 is 0 Å². The third-order valence-electron chi connectivity index (χ3n) is 1.88. The first-order valence-electron chi connectivity index (χ1n) is 4.44. The van der Waals surface area contributed by atoms with Crippen molar-refractivity contribution in [2.75, 3.05) is 0 Å². The first-order valence-corrected chi connectivity index (χ1v) is 5.20. The smallest absolute Gasteiger partial charge is 0.164 e. The van der Waals surface area contributed by atoms with Crippen LogP contribution in [-0.4, -0.2) is 0 Å². The number of halogens is 2. The molecule has 0 N–H and O–H groups in total. The number of hydrogen-bond acceptors (Lipinski definition) is 1. The van der Waals surface area contributed by atoms with Gasteiger partial charge in [-0.05, 0) is 24.3 Å². The highest BCUT2D eigenvalue weighted by atomic mass is 35.5. The van der Waals surface area contributed by atoms with Gasteiger partial charge < -0.3 is 4.74 Å². The van der Waals surface area contributed by atoms with Crippen molar-refractivity contribution < 1.29 is 4.74 Å². The van der Waals surface area contributed by atoms with E-state index in [-0.39, 0.29) is 0 Å². The number of rotatable bonds is 2. The molecule has 0 saturated carbocycles. The lowest BCUT2D eigenvalue weighted by atomic mass is 10.3. The standard InChI is InChI=1S/C12H8Cl2O/c13-10-7-4-8-11(14)12(10)15-9-5-2-1-3-6-9/h1-8H. The molecule has 2 rings (SSSR count). The molecule has 3 heteroatoms. The van der Waals surface area contributed by atoms with Crippen LogP contribution in [0.1, 0.15) is 0 Å². The van der Waals surface area contributed by atoms with Crippen molar-refractivity contribution in [1.29, 1.82) is 0 Å². The molecule has 0 aliphatic rings. The average Bonchev–Trinajstić information content (AvgIpc) is 2.25. The van der Waals surface area contributed by atoms with Crippen LogP contribution in [0.5, 0.6) is 11.5 Å². The van der Waals surface area contributed by atoms with E-state index < -0.39 is 0 Å². The Morgan fingerprint density at radius 2 is 1.33 bits per heavy atom. The maximum absolute atomic E-state index is 5.97. The summed E-state index contributed by atoms with van der Waals surface area (Å²) < 4.78 is 5.58. The van der Waals surface area contributed by atoms with Crippen LogP contribution in [0.4, 0.5) is 0 Å². The molecule has 0 aliphatic heterocycles. The van der Waals surface area contributed by atoms with Gasteiger partial charge in [-0.1, -0.05) is 47.5 Å². The van der Waals surface area contributed by atoms with E-state index in [1.54, 1.807) is 18.2 Å². The van der Waals surface area contributed by atoms with Gasteiger partial charge in [-0.25, -0.2) is 0 Å². The first-order chi connectivity index (χ1) is 7.27. The van der Waals surface area contributed by atoms with Gasteiger partial charge in [0, 0.05) is 0 Å². The second-order valence-corrected chi connectivity index (χ2v) is 3.78. The molecule has 2 aromatic rings. The van der Waals surface area contributed by atoms with Crippen LogP contribution >= 0.6 is 23.2 Å². The van der Waals surface area contributed by atoms with Crippen LogP contribution in [0.15, 0.2) is 48.5 Å². The number of ether oxygens (including phenoxy) is 1. The fourth-order valence-corrected chi connectivity index (χ4v) is 1.66. The molecule has 0 bridgehead atoms. The molecule has 0 aromatic heterocycles. The summed E-state index contributed by atoms with van der Waals surface area (Å²) in [4.78, 5) is 0. The van der Waals surface area contributed by atoms with Gasteiger partial charge in [-0.2, -0.15) is 0 Å². The van der Waals surface area contributed by atoms with Gasteiger partial charge in [0.15, 0.2) is 5.75 Å². The SMILES string of the molecule is Clc1cccc(Cl)c1Oc1ccccc1. The van der Waals surface area contributed by atoms with Crippen molar-refractivity contribution >= 4 is 23.2 Å². The van der Waals surface area contributed by atoms with E-state index in [0.29, 0.717) is 21.5 Å². The second-order valence-electron chi connectivity index (χ2n) is 2.97. The maximum Gasteiger partial charge on any atom is 0.164 e. The van der Waals surface area contributed by atoms with Crippen LogP contribution in [0.2, 0.25) is 10.0 Å². The van der Waals surface area contributed by atoms with Crippen LogP contribution in [-0.2, 0) is 0 Å². The largest absolute Gasteiger partial charge is 0.454 e. The third kappa shape index (κ3) is 2.44. The highest BCUT2D eigenvalue weighted by Gasteiger charge is 2.06. The fraction of sp³-hybridized carbons (Fsp3) is 0. The quantitative estimate of drug-likeness (QED) is 0.732. The van der Waals surface area contributed by atoms with Crippen molar-refractivity contribution in [2.24, 2.45) is 0 Å². The molecule has 0 saturated heterocycles. The summed E-state index contributed by atoms with van der Waals surface area (Å²) in [5.74, 6) is 1.21. The van der Waals surface area contributed by atoms with Crippen LogP contribution in [0.3, 0.4) is 0 Å². The van der Waals surface area contributed by atoms with Crippen LogP contribution in [0, 0.1) is 0 Å². The van der Waals surface area contributed by atoms with Gasteiger partial charge in [0.25, 0.3) is 0 Å². The zero-order chi connectivity index (χ0) is 10.7. The Balaban J connectivity index is 2.32. The molecule has 0 amide bonds. The molecule has 0 aliphatic carbocycles. The molecule has 0 heterocycles. The Morgan fingerprint density at radius 1 is 0.733 bits per heavy atom. The van der Waals surface area contributed by atoms with Crippen molar-refractivity contribution in [2.45, 2.75) is 0 Å². The average molecular weight is 239 g/mol. The van der Waals surface area contributed by atoms with Crippen molar-refractivity contribution in [3.05, 3.63) is 58.6 Å². The van der Waals surface area contributed by atoms with Crippen LogP contribution in [0.25, 0.3) is 0 Å². The van der Waals surface area contributed by atoms with E-state index in [1.807, 2.05) is 30.3 Å². The maximum atomic E-state index is 5.97. The number of hydrogen-bond donors (Lipinski definition) is 0. The lowest BCUT2D eigenvalue weighted by molar-refractivity contribution is 0.483. The highest BCUT2D eigenvalue weighted by Crippen LogP contribution is 2.35. The van der Waals surface area contributed by atoms with E-state index in [0.717, 1.165) is 0 Å². The summed E-state index contributed by atoms with van der Waals surface area (Å²) in [6.07, 6.45) is 0. The fourth-order valence-electron chi connectivity index (χ4n) is 1.19. The van der Waals surface area contributed by atoms with Gasteiger partial charge in [-0.15, -0.1) is 0 Å². The molecular weight excluding hydrogens is 231 g/mol. The Morgan fingerprint density at radius 3 is 1.93 bits per heavy atom. The third-order valence-corrected chi connectivity index (χ3v) is 2.48. The Hall–Kier alpha value is -1.18. The van der Waals surface area contributed by atoms with Gasteiger partial charge in [0.2, 0.25) is 0 Å². The molecule has 15 heavy (non-hydrogen) atoms. The summed E-state index contributed by atoms with van der Waals surface area (Å²) in [6.45, 7) is 0. The minimum absolute atomic E-state index is 0.493. The predicted molar refractivity (Wildman–Crippen MR) is 63.0 cm³/mol. The van der Waals surface area contributed by atoms with Gasteiger partial charge in [0.1, 0.15) is 5.75 Å². The summed E-state index contributed by atoms with van der Waals surface area (Å²) in [6, 6.07) is 14.7. The van der Waals surface area contributed by atoms with E-state index in [4.69, 9.17) is 27.9 Å². The molecule has 0 fully saturated rings. The zero-order valence-electron chi connectivity index (χ0n) is 7.78. The molecule has 76 valence electrons. The second kappa shape index (κ2) is 4.56. The lowest BCUT2D eigenvalue weighted by Crippen LogP contribution is -1.85. The molecule has 0 spiro atoms. The molecule has 0 unspecified atom stereocenters. The molecule has 2 aromatic carbocycles. The van der Waals surface area contributed by atoms with E-state index in [9.17, 15) is 0 Å². The van der Waals surface area contributed by atoms with Gasteiger partial charge >= 0.3 is 0 Å². The minimum atomic E-state index is 0.493. The molecule has 0 atom stereocenters. The number of para-hydroxylation sites is 2. The van der Waals surface area contributed by atoms with Crippen LogP contribution < -0.4 is 4.74 Å². The summed E-state index contributed by atoms with van der Waals surface area (Å²) in [7, 11) is 0. The monoisotopic (exact) mass is 238 g/mol. The lowest BCUT2D eigenvalue weighted by Gasteiger charge is -2.08. The normalized spacial score (nSPS) is 10.0. The van der Waals surface area contributed by atoms with Crippen molar-refractivity contribution in [3.63, 3.8) is 0 Å². The Kier molecular flexibility index (Phi) is 3.14. The summed E-state index contributed by atoms with van der Waals surface area (Å²) in [5, 5.41) is 1.01. The first kappa shape index (κ1) is 10.3. The predicted octanol–water partition coefficient (Wildman–Crippen LogP) is 4.79. The summed E-state index contributed by atoms with van der Waals surface area (Å²) in [5.41, 5.74) is 0. The van der Waals surface area contributed by atoms with E-state index in [1.165, 1.54) is 0 Å². The zero-order valence-corrected chi connectivity index (χ0v) is 9.29. The molecule has 0 radical (unpaired) electrons. The van der Waals surface area contributed by atoms with E-state index in [2.05, 4.69) is 0 Å². The van der Waals surface area contributed by atoms with Crippen molar-refractivity contribution in [3.8, 4) is 11.5 Å². The highest BCUT2D eigenvalue weighted by molar-refractivity contribution is 6.37. The van der Waals surface area contributed by atoms with Crippen molar-refractivity contribution in [1.82, 2.24) is 0 Å². The Bertz CT molecular complexity index is 434. The molecular formula is C12H8Cl2O. The summed E-state index contributed by atoms with van der Waals surface area (Å²) >= 11 is 11.9. The van der Waals surface area contributed by atoms with Gasteiger partial charge in [0.05, 0.1) is 10.0 Å². The molecule has 1 nitrogen and oxygen atoms in total. The Labute approximate surface area is 98.2 Å². The minimum Gasteiger partial charge on any atom is -0.454 e. The topological polar surface area (TPSA) is 9.23 Å². The number of benzene rings is 2.